The van der Waals surface area contributed by atoms with Crippen LogP contribution >= 0.6 is 35.9 Å². The number of carbonyl (C=O) groups is 1. The van der Waals surface area contributed by atoms with Crippen molar-refractivity contribution < 1.29 is 18.0 Å². The van der Waals surface area contributed by atoms with E-state index in [4.69, 9.17) is 0 Å². The van der Waals surface area contributed by atoms with Gasteiger partial charge in [-0.1, -0.05) is 23.9 Å². The molecule has 0 aliphatic carbocycles. The third-order valence-electron chi connectivity index (χ3n) is 6.27. The van der Waals surface area contributed by atoms with Crippen molar-refractivity contribution in [2.75, 3.05) is 31.1 Å². The van der Waals surface area contributed by atoms with E-state index in [0.29, 0.717) is 25.2 Å². The largest absolute Gasteiger partial charge is 0.446 e. The Kier molecular flexibility index (Phi) is 8.94. The molecule has 0 saturated carbocycles. The number of piperazine rings is 1. The number of amides is 1. The van der Waals surface area contributed by atoms with Gasteiger partial charge in [0.1, 0.15) is 0 Å². The lowest BCUT2D eigenvalue weighted by atomic mass is 10.0. The summed E-state index contributed by atoms with van der Waals surface area (Å²) in [6.07, 6.45) is 4.80. The molecule has 5 nitrogen and oxygen atoms in total. The molecule has 0 radical (unpaired) electrons. The van der Waals surface area contributed by atoms with E-state index in [-0.39, 0.29) is 41.0 Å². The summed E-state index contributed by atoms with van der Waals surface area (Å²) in [5.74, 6) is -0.0199. The average Bonchev–Trinajstić information content (AvgIpc) is 2.88. The number of aromatic nitrogens is 1. The van der Waals surface area contributed by atoms with Gasteiger partial charge in [-0.3, -0.25) is 9.78 Å². The number of hydrogen-bond acceptors (Lipinski definition) is 6. The molecule has 3 heterocycles. The van der Waals surface area contributed by atoms with Crippen molar-refractivity contribution in [3.8, 4) is 0 Å². The molecule has 2 aromatic carbocycles. The number of nitrogens with one attached hydrogen (secondary N) is 1. The Labute approximate surface area is 228 Å². The normalized spacial score (nSPS) is 17.0. The maximum atomic E-state index is 13.1. The molecule has 2 aliphatic rings. The minimum Gasteiger partial charge on any atom is -0.340 e. The predicted octanol–water partition coefficient (Wildman–Crippen LogP) is 6.61. The molecule has 0 spiro atoms. The molecule has 1 saturated heterocycles. The highest BCUT2D eigenvalue weighted by Gasteiger charge is 2.31. The summed E-state index contributed by atoms with van der Waals surface area (Å²) in [5.41, 5.74) is -1.97. The van der Waals surface area contributed by atoms with Gasteiger partial charge in [-0.05, 0) is 67.1 Å². The maximum Gasteiger partial charge on any atom is 0.446 e. The summed E-state index contributed by atoms with van der Waals surface area (Å²) in [7, 11) is 0. The van der Waals surface area contributed by atoms with Gasteiger partial charge >= 0.3 is 5.51 Å². The first-order valence-corrected chi connectivity index (χ1v) is 13.4. The number of alkyl halides is 3. The molecular weight excluding hydrogens is 541 g/mol. The first-order valence-electron chi connectivity index (χ1n) is 11.7. The summed E-state index contributed by atoms with van der Waals surface area (Å²) in [4.78, 5) is 23.4. The second kappa shape index (κ2) is 12.0. The molecule has 5 rings (SSSR count). The summed E-state index contributed by atoms with van der Waals surface area (Å²) in [6.45, 7) is 2.71. The van der Waals surface area contributed by atoms with Crippen LogP contribution in [0.4, 0.5) is 24.5 Å². The highest BCUT2D eigenvalue weighted by atomic mass is 35.5. The van der Waals surface area contributed by atoms with E-state index in [1.54, 1.807) is 48.4 Å². The Bertz CT molecular complexity index is 1230. The number of halogens is 4. The summed E-state index contributed by atoms with van der Waals surface area (Å²) < 4.78 is 39.1. The third-order valence-corrected chi connectivity index (χ3v) is 8.12. The van der Waals surface area contributed by atoms with Gasteiger partial charge in [0.2, 0.25) is 0 Å². The molecule has 1 atom stereocenters. The van der Waals surface area contributed by atoms with E-state index in [0.717, 1.165) is 40.6 Å². The maximum absolute atomic E-state index is 13.1. The zero-order chi connectivity index (χ0) is 25.1. The Morgan fingerprint density at radius 2 is 1.92 bits per heavy atom. The van der Waals surface area contributed by atoms with Crippen LogP contribution in [0.3, 0.4) is 0 Å². The second-order valence-electron chi connectivity index (χ2n) is 8.64. The van der Waals surface area contributed by atoms with E-state index >= 15 is 0 Å². The van der Waals surface area contributed by atoms with Gasteiger partial charge in [-0.25, -0.2) is 0 Å². The minimum absolute atomic E-state index is 0. The number of hydrogen-bond donors (Lipinski definition) is 1. The standard InChI is InChI=1S/C26H25F3N4OS2.ClH/c27-26(28,29)36-20-9-10-24-22(15-20)33(21-7-1-2-8-23(21)35-24)13-4-6-19-17-31-12-14-32(19)25(34)18-5-3-11-30-16-18;/h1-3,5,7-11,15-16,19,31H,4,6,12-14,17H2;1H. The molecule has 11 heteroatoms. The highest BCUT2D eigenvalue weighted by molar-refractivity contribution is 8.00. The van der Waals surface area contributed by atoms with Crippen molar-refractivity contribution in [1.29, 1.82) is 0 Å². The summed E-state index contributed by atoms with van der Waals surface area (Å²) >= 11 is 1.49. The van der Waals surface area contributed by atoms with E-state index in [2.05, 4.69) is 15.2 Å². The molecule has 1 unspecified atom stereocenters. The van der Waals surface area contributed by atoms with Crippen molar-refractivity contribution in [1.82, 2.24) is 15.2 Å². The van der Waals surface area contributed by atoms with E-state index < -0.39 is 5.51 Å². The van der Waals surface area contributed by atoms with Crippen LogP contribution < -0.4 is 10.2 Å². The first kappa shape index (κ1) is 27.6. The molecule has 1 N–H and O–H groups in total. The van der Waals surface area contributed by atoms with Gasteiger partial charge in [-0.15, -0.1) is 12.4 Å². The predicted molar refractivity (Wildman–Crippen MR) is 144 cm³/mol. The number of rotatable bonds is 6. The molecule has 1 amide bonds. The van der Waals surface area contributed by atoms with Crippen LogP contribution in [0, 0.1) is 0 Å². The van der Waals surface area contributed by atoms with Crippen LogP contribution in [0.1, 0.15) is 23.2 Å². The van der Waals surface area contributed by atoms with Gasteiger partial charge in [0.05, 0.1) is 16.9 Å². The van der Waals surface area contributed by atoms with Crippen LogP contribution in [0.15, 0.2) is 81.7 Å². The fraction of sp³-hybridized carbons (Fsp3) is 0.308. The van der Waals surface area contributed by atoms with Crippen molar-refractivity contribution in [3.05, 3.63) is 72.6 Å². The van der Waals surface area contributed by atoms with Gasteiger partial charge in [-0.2, -0.15) is 13.2 Å². The SMILES string of the molecule is Cl.O=C(c1cccnc1)N1CCNCC1CCCN1c2ccccc2Sc2ccc(SC(F)(F)F)cc21. The van der Waals surface area contributed by atoms with Crippen molar-refractivity contribution >= 4 is 53.2 Å². The molecular formula is C26H26ClF3N4OS2. The zero-order valence-corrected chi connectivity index (χ0v) is 22.2. The van der Waals surface area contributed by atoms with Gasteiger partial charge in [0, 0.05) is 59.3 Å². The monoisotopic (exact) mass is 566 g/mol. The van der Waals surface area contributed by atoms with Gasteiger partial charge in [0.15, 0.2) is 0 Å². The third kappa shape index (κ3) is 6.54. The number of benzene rings is 2. The van der Waals surface area contributed by atoms with E-state index in [9.17, 15) is 18.0 Å². The zero-order valence-electron chi connectivity index (χ0n) is 19.8. The van der Waals surface area contributed by atoms with Crippen LogP contribution in [0.2, 0.25) is 0 Å². The molecule has 0 bridgehead atoms. The highest BCUT2D eigenvalue weighted by Crippen LogP contribution is 2.50. The molecule has 1 fully saturated rings. The number of para-hydroxylation sites is 1. The molecule has 3 aromatic rings. The van der Waals surface area contributed by atoms with Crippen LogP contribution in [-0.4, -0.2) is 53.5 Å². The fourth-order valence-electron chi connectivity index (χ4n) is 4.67. The van der Waals surface area contributed by atoms with Crippen LogP contribution in [0.25, 0.3) is 0 Å². The number of carbonyl (C=O) groups excluding carboxylic acids is 1. The van der Waals surface area contributed by atoms with Crippen molar-refractivity contribution in [3.63, 3.8) is 0 Å². The van der Waals surface area contributed by atoms with Gasteiger partial charge < -0.3 is 15.1 Å². The van der Waals surface area contributed by atoms with Crippen LogP contribution in [0.5, 0.6) is 0 Å². The molecule has 2 aliphatic heterocycles. The lowest BCUT2D eigenvalue weighted by Gasteiger charge is -2.37. The Morgan fingerprint density at radius 3 is 2.70 bits per heavy atom. The summed E-state index contributed by atoms with van der Waals surface area (Å²) in [6, 6.07) is 16.5. The number of nitrogens with zero attached hydrogens (tertiary/aromatic N) is 3. The Balaban J connectivity index is 0.00000320. The average molecular weight is 567 g/mol. The van der Waals surface area contributed by atoms with Crippen LogP contribution in [-0.2, 0) is 0 Å². The van der Waals surface area contributed by atoms with E-state index in [1.807, 2.05) is 29.2 Å². The van der Waals surface area contributed by atoms with Gasteiger partial charge in [0.25, 0.3) is 5.91 Å². The smallest absolute Gasteiger partial charge is 0.340 e. The van der Waals surface area contributed by atoms with E-state index in [1.165, 1.54) is 6.07 Å². The summed E-state index contributed by atoms with van der Waals surface area (Å²) in [5, 5.41) is 3.38. The fourth-order valence-corrected chi connectivity index (χ4v) is 6.32. The topological polar surface area (TPSA) is 48.5 Å². The second-order valence-corrected chi connectivity index (χ2v) is 10.9. The number of fused-ring (bicyclic) bond motifs is 2. The lowest BCUT2D eigenvalue weighted by Crippen LogP contribution is -2.53. The number of pyridine rings is 1. The molecule has 1 aromatic heterocycles. The molecule has 37 heavy (non-hydrogen) atoms. The molecule has 196 valence electrons. The Morgan fingerprint density at radius 1 is 1.11 bits per heavy atom. The minimum atomic E-state index is -4.34. The quantitative estimate of drug-likeness (QED) is 0.339. The Hall–Kier alpha value is -2.40. The van der Waals surface area contributed by atoms with Crippen molar-refractivity contribution in [2.45, 2.75) is 39.1 Å². The van der Waals surface area contributed by atoms with Crippen molar-refractivity contribution in [2.24, 2.45) is 0 Å². The number of thioether (sulfide) groups is 1. The first-order chi connectivity index (χ1) is 17.4. The lowest BCUT2D eigenvalue weighted by molar-refractivity contribution is -0.0328. The number of anilines is 2.